The summed E-state index contributed by atoms with van der Waals surface area (Å²) in [4.78, 5) is 26.4. The van der Waals surface area contributed by atoms with E-state index in [4.69, 9.17) is 11.6 Å². The number of alkyl halides is 2. The highest BCUT2D eigenvalue weighted by Crippen LogP contribution is 2.44. The van der Waals surface area contributed by atoms with Gasteiger partial charge in [-0.25, -0.2) is 13.6 Å². The minimum atomic E-state index is -2.74. The topological polar surface area (TPSA) is 69.6 Å². The smallest absolute Gasteiger partial charge is 0.407 e. The zero-order chi connectivity index (χ0) is 19.8. The summed E-state index contributed by atoms with van der Waals surface area (Å²) in [6.45, 7) is 0.586. The van der Waals surface area contributed by atoms with E-state index >= 15 is 0 Å². The van der Waals surface area contributed by atoms with E-state index in [9.17, 15) is 23.5 Å². The van der Waals surface area contributed by atoms with Crippen LogP contribution in [0.25, 0.3) is 0 Å². The quantitative estimate of drug-likeness (QED) is 0.807. The third-order valence-corrected chi connectivity index (χ3v) is 6.24. The number of nitrogens with zero attached hydrogens (tertiary/aromatic N) is 1. The van der Waals surface area contributed by atoms with Crippen molar-refractivity contribution < 1.29 is 23.5 Å². The van der Waals surface area contributed by atoms with Gasteiger partial charge in [-0.1, -0.05) is 23.7 Å². The highest BCUT2D eigenvalue weighted by molar-refractivity contribution is 6.30. The molecule has 0 bridgehead atoms. The molecule has 3 rings (SSSR count). The lowest BCUT2D eigenvalue weighted by Crippen LogP contribution is -2.61. The van der Waals surface area contributed by atoms with Gasteiger partial charge in [0.05, 0.1) is 0 Å². The van der Waals surface area contributed by atoms with Crippen molar-refractivity contribution in [1.29, 1.82) is 0 Å². The van der Waals surface area contributed by atoms with Crippen molar-refractivity contribution in [3.63, 3.8) is 0 Å². The predicted octanol–water partition coefficient (Wildman–Crippen LogP) is 3.77. The molecular formula is C19H23ClF2N2O3. The molecule has 1 aliphatic heterocycles. The first kappa shape index (κ1) is 20.0. The van der Waals surface area contributed by atoms with Crippen molar-refractivity contribution in [2.75, 3.05) is 20.1 Å². The Balaban J connectivity index is 1.98. The van der Waals surface area contributed by atoms with Crippen molar-refractivity contribution in [2.45, 2.75) is 43.1 Å². The van der Waals surface area contributed by atoms with E-state index in [-0.39, 0.29) is 38.0 Å². The van der Waals surface area contributed by atoms with Crippen LogP contribution in [0, 0.1) is 5.92 Å². The van der Waals surface area contributed by atoms with Gasteiger partial charge in [0, 0.05) is 49.8 Å². The van der Waals surface area contributed by atoms with Gasteiger partial charge in [-0.2, -0.15) is 0 Å². The number of nitrogens with one attached hydrogen (secondary N) is 1. The van der Waals surface area contributed by atoms with Gasteiger partial charge in [-0.05, 0) is 30.5 Å². The Labute approximate surface area is 161 Å². The second kappa shape index (κ2) is 7.36. The molecule has 1 saturated heterocycles. The van der Waals surface area contributed by atoms with Crippen LogP contribution in [-0.4, -0.2) is 53.5 Å². The van der Waals surface area contributed by atoms with Crippen molar-refractivity contribution >= 4 is 23.5 Å². The van der Waals surface area contributed by atoms with Crippen LogP contribution in [0.1, 0.15) is 37.2 Å². The summed E-state index contributed by atoms with van der Waals surface area (Å²) >= 11 is 5.96. The summed E-state index contributed by atoms with van der Waals surface area (Å²) in [7, 11) is 1.38. The number of likely N-dealkylation sites (N-methyl/N-ethyl adjacent to an activating group) is 1. The molecule has 0 spiro atoms. The molecule has 1 aromatic carbocycles. The highest BCUT2D eigenvalue weighted by Gasteiger charge is 2.56. The molecule has 0 radical (unpaired) electrons. The van der Waals surface area contributed by atoms with Crippen molar-refractivity contribution in [3.8, 4) is 0 Å². The van der Waals surface area contributed by atoms with Crippen molar-refractivity contribution in [2.24, 2.45) is 5.92 Å². The Bertz CT molecular complexity index is 718. The molecule has 2 atom stereocenters. The Morgan fingerprint density at radius 1 is 1.22 bits per heavy atom. The standard InChI is InChI=1S/C19H23ClF2N2O3/c1-24(17(26)27)19(16(25)13-6-8-18(21,22)9-7-13)11-23-10-15(19)12-2-4-14(20)5-3-12/h2-5,13,15,23H,6-11H2,1H3,(H,26,27)/t15-,19+/m0/s1. The van der Waals surface area contributed by atoms with Gasteiger partial charge in [-0.15, -0.1) is 0 Å². The maximum Gasteiger partial charge on any atom is 0.407 e. The number of hydrogen-bond donors (Lipinski definition) is 2. The van der Waals surface area contributed by atoms with Crippen LogP contribution in [0.3, 0.4) is 0 Å². The van der Waals surface area contributed by atoms with Crippen LogP contribution in [0.2, 0.25) is 5.02 Å². The van der Waals surface area contributed by atoms with Crippen LogP contribution < -0.4 is 5.32 Å². The Hall–Kier alpha value is -1.73. The first-order chi connectivity index (χ1) is 12.7. The molecule has 1 aromatic rings. The SMILES string of the molecule is CN(C(=O)O)[C@]1(C(=O)C2CCC(F)(F)CC2)CNC[C@H]1c1ccc(Cl)cc1. The molecular weight excluding hydrogens is 378 g/mol. The summed E-state index contributed by atoms with van der Waals surface area (Å²) in [5.74, 6) is -3.99. The van der Waals surface area contributed by atoms with Crippen molar-refractivity contribution in [1.82, 2.24) is 10.2 Å². The maximum atomic E-state index is 13.5. The van der Waals surface area contributed by atoms with Crippen LogP contribution >= 0.6 is 11.6 Å². The number of amides is 1. The Kier molecular flexibility index (Phi) is 5.45. The van der Waals surface area contributed by atoms with E-state index in [1.54, 1.807) is 24.3 Å². The van der Waals surface area contributed by atoms with Crippen LogP contribution in [0.15, 0.2) is 24.3 Å². The second-order valence-corrected chi connectivity index (χ2v) is 7.93. The molecule has 148 valence electrons. The zero-order valence-corrected chi connectivity index (χ0v) is 15.8. The van der Waals surface area contributed by atoms with Crippen LogP contribution in [0.5, 0.6) is 0 Å². The number of halogens is 3. The maximum absolute atomic E-state index is 13.5. The van der Waals surface area contributed by atoms with Gasteiger partial charge in [0.15, 0.2) is 5.78 Å². The lowest BCUT2D eigenvalue weighted by atomic mass is 9.70. The number of carbonyl (C=O) groups excluding carboxylic acids is 1. The molecule has 0 aromatic heterocycles. The van der Waals surface area contributed by atoms with Gasteiger partial charge >= 0.3 is 6.09 Å². The molecule has 5 nitrogen and oxygen atoms in total. The van der Waals surface area contributed by atoms with E-state index in [1.165, 1.54) is 7.05 Å². The summed E-state index contributed by atoms with van der Waals surface area (Å²) in [6.07, 6.45) is -1.74. The highest BCUT2D eigenvalue weighted by atomic mass is 35.5. The monoisotopic (exact) mass is 400 g/mol. The minimum Gasteiger partial charge on any atom is -0.465 e. The number of benzene rings is 1. The molecule has 1 saturated carbocycles. The molecule has 0 unspecified atom stereocenters. The molecule has 8 heteroatoms. The third kappa shape index (κ3) is 3.67. The lowest BCUT2D eigenvalue weighted by Gasteiger charge is -2.43. The van der Waals surface area contributed by atoms with E-state index in [0.717, 1.165) is 10.5 Å². The average molecular weight is 401 g/mol. The minimum absolute atomic E-state index is 0.0778. The van der Waals surface area contributed by atoms with Crippen LogP contribution in [-0.2, 0) is 4.79 Å². The van der Waals surface area contributed by atoms with E-state index < -0.39 is 29.4 Å². The first-order valence-corrected chi connectivity index (χ1v) is 9.40. The van der Waals surface area contributed by atoms with Gasteiger partial charge in [-0.3, -0.25) is 9.69 Å². The third-order valence-electron chi connectivity index (χ3n) is 5.99. The molecule has 1 amide bonds. The predicted molar refractivity (Wildman–Crippen MR) is 97.5 cm³/mol. The Morgan fingerprint density at radius 2 is 1.81 bits per heavy atom. The van der Waals surface area contributed by atoms with E-state index in [2.05, 4.69) is 5.32 Å². The number of hydrogen-bond acceptors (Lipinski definition) is 3. The summed E-state index contributed by atoms with van der Waals surface area (Å²) in [5, 5.41) is 13.3. The van der Waals surface area contributed by atoms with Crippen molar-refractivity contribution in [3.05, 3.63) is 34.9 Å². The van der Waals surface area contributed by atoms with Gasteiger partial charge < -0.3 is 10.4 Å². The van der Waals surface area contributed by atoms with E-state index in [0.29, 0.717) is 11.6 Å². The number of carbonyl (C=O) groups is 2. The van der Waals surface area contributed by atoms with Gasteiger partial charge in [0.1, 0.15) is 5.54 Å². The van der Waals surface area contributed by atoms with Crippen LogP contribution in [0.4, 0.5) is 13.6 Å². The normalized spacial score (nSPS) is 28.1. The molecule has 2 aliphatic rings. The second-order valence-electron chi connectivity index (χ2n) is 7.50. The summed E-state index contributed by atoms with van der Waals surface area (Å²) < 4.78 is 27.1. The average Bonchev–Trinajstić information content (AvgIpc) is 3.07. The number of Topliss-reactive ketones (excluding diaryl/α,β-unsaturated/α-hetero) is 1. The fourth-order valence-electron chi connectivity index (χ4n) is 4.39. The largest absolute Gasteiger partial charge is 0.465 e. The number of rotatable bonds is 4. The molecule has 1 heterocycles. The molecule has 27 heavy (non-hydrogen) atoms. The Morgan fingerprint density at radius 3 is 2.37 bits per heavy atom. The molecule has 2 N–H and O–H groups in total. The lowest BCUT2D eigenvalue weighted by molar-refractivity contribution is -0.137. The fraction of sp³-hybridized carbons (Fsp3) is 0.579. The fourth-order valence-corrected chi connectivity index (χ4v) is 4.52. The number of carboxylic acid groups (broad SMARTS) is 1. The number of ketones is 1. The zero-order valence-electron chi connectivity index (χ0n) is 15.1. The molecule has 1 aliphatic carbocycles. The van der Waals surface area contributed by atoms with E-state index in [1.807, 2.05) is 0 Å². The summed E-state index contributed by atoms with van der Waals surface area (Å²) in [5.41, 5.74) is -0.524. The first-order valence-electron chi connectivity index (χ1n) is 9.02. The van der Waals surface area contributed by atoms with Gasteiger partial charge in [0.25, 0.3) is 0 Å². The molecule has 2 fully saturated rings. The summed E-state index contributed by atoms with van der Waals surface area (Å²) in [6, 6.07) is 6.97. The van der Waals surface area contributed by atoms with Gasteiger partial charge in [0.2, 0.25) is 5.92 Å².